The van der Waals surface area contributed by atoms with Crippen LogP contribution in [0.4, 0.5) is 15.4 Å². The average Bonchev–Trinajstić information content (AvgIpc) is 1.94. The number of hydrogen-bond donors (Lipinski definition) is 6. The summed E-state index contributed by atoms with van der Waals surface area (Å²) < 4.78 is 39.2. The summed E-state index contributed by atoms with van der Waals surface area (Å²) in [5.41, 5.74) is 4.09. The van der Waals surface area contributed by atoms with Gasteiger partial charge in [0.25, 0.3) is 17.7 Å². The Morgan fingerprint density at radius 3 is 1.71 bits per heavy atom. The summed E-state index contributed by atoms with van der Waals surface area (Å²) in [6, 6.07) is 21.3. The Balaban J connectivity index is 0.807. The minimum absolute atomic E-state index is 0.00166. The summed E-state index contributed by atoms with van der Waals surface area (Å²) in [6.45, 7) is 1.94. The van der Waals surface area contributed by atoms with Gasteiger partial charge in [-0.1, -0.05) is 40.4 Å². The van der Waals surface area contributed by atoms with Crippen molar-refractivity contribution in [3.63, 3.8) is 0 Å². The second kappa shape index (κ2) is 25.3. The van der Waals surface area contributed by atoms with Crippen molar-refractivity contribution in [1.29, 1.82) is 0 Å². The molecule has 3 atom stereocenters. The number of aromatic hydroxyl groups is 3. The number of likely N-dealkylation sites (N-methyl/N-ethyl adjacent to an activating group) is 1. The van der Waals surface area contributed by atoms with Gasteiger partial charge < -0.3 is 48.6 Å². The topological polar surface area (TPSA) is 297 Å². The molecule has 0 bridgehead atoms. The van der Waals surface area contributed by atoms with Crippen molar-refractivity contribution >= 4 is 97.8 Å². The molecule has 3 unspecified atom stereocenters. The number of anilines is 3. The molecule has 0 spiro atoms. The Morgan fingerprint density at radius 2 is 1.10 bits per heavy atom. The first-order chi connectivity index (χ1) is 43.3. The number of carbonyl (C=O) groups excluding carboxylic acids is 3. The highest BCUT2D eigenvalue weighted by molar-refractivity contribution is 7.23. The number of benzene rings is 3. The third kappa shape index (κ3) is 12.5. The van der Waals surface area contributed by atoms with Crippen molar-refractivity contribution < 1.29 is 58.1 Å². The first kappa shape index (κ1) is 58.5. The zero-order valence-corrected chi connectivity index (χ0v) is 50.8. The van der Waals surface area contributed by atoms with E-state index in [9.17, 15) is 29.7 Å². The van der Waals surface area contributed by atoms with Crippen LogP contribution < -0.4 is 44.4 Å². The quantitative estimate of drug-likeness (QED) is 0.0465. The average molecular weight is 1260 g/mol. The molecule has 89 heavy (non-hydrogen) atoms. The minimum atomic E-state index is -0.683. The van der Waals surface area contributed by atoms with Crippen molar-refractivity contribution in [2.75, 3.05) is 56.9 Å². The zero-order valence-electron chi connectivity index (χ0n) is 48.4. The molecule has 2 fully saturated rings. The van der Waals surface area contributed by atoms with Crippen LogP contribution in [-0.2, 0) is 6.42 Å². The molecule has 1 saturated heterocycles. The molecule has 26 heteroatoms. The Hall–Kier alpha value is -9.50. The van der Waals surface area contributed by atoms with Gasteiger partial charge in [-0.2, -0.15) is 0 Å². The molecule has 1 aliphatic heterocycles. The second-order valence-corrected chi connectivity index (χ2v) is 25.0. The largest absolute Gasteiger partial charge is 0.503 e. The number of rotatable bonds is 18. The van der Waals surface area contributed by atoms with Crippen LogP contribution in [0.1, 0.15) is 100 Å². The number of aromatic nitrogens is 7. The van der Waals surface area contributed by atoms with E-state index in [-0.39, 0.29) is 69.3 Å². The van der Waals surface area contributed by atoms with E-state index in [2.05, 4.69) is 52.8 Å². The van der Waals surface area contributed by atoms with Gasteiger partial charge in [-0.05, 0) is 131 Å². The Bertz CT molecular complexity index is 4340. The van der Waals surface area contributed by atoms with Crippen molar-refractivity contribution in [3.8, 4) is 62.9 Å². The van der Waals surface area contributed by atoms with E-state index in [4.69, 9.17) is 38.4 Å². The van der Waals surface area contributed by atoms with Gasteiger partial charge in [0.1, 0.15) is 29.5 Å². The number of piperidine rings is 1. The van der Waals surface area contributed by atoms with Crippen molar-refractivity contribution in [2.24, 2.45) is 5.92 Å². The van der Waals surface area contributed by atoms with Crippen LogP contribution in [0.25, 0.3) is 41.8 Å². The van der Waals surface area contributed by atoms with Gasteiger partial charge in [-0.3, -0.25) is 35.3 Å². The van der Waals surface area contributed by atoms with E-state index in [0.29, 0.717) is 62.0 Å². The minimum Gasteiger partial charge on any atom is -0.503 e. The van der Waals surface area contributed by atoms with Crippen LogP contribution >= 0.6 is 34.0 Å². The summed E-state index contributed by atoms with van der Waals surface area (Å²) in [5, 5.41) is 42.4. The lowest BCUT2D eigenvalue weighted by Gasteiger charge is -2.32. The van der Waals surface area contributed by atoms with Gasteiger partial charge in [0.15, 0.2) is 67.0 Å². The SMILES string of the molecule is COc1ccnc(C(=O)Nc2nc3ccc(OC4CC(COc5ccnc(C(=O)Nc6nc7ccc(OC8CCCN(C)C8)cc7s6)c5O)Cc5c(-c6cc(OC7CCCCC7)cc7sc(NC(=O)c8nccc(OC)c8O)nc67)ccnc54)cc3s2)c1O. The number of carbonyl (C=O) groups is 3. The number of ether oxygens (including phenoxy) is 6. The molecule has 3 amide bonds. The Kier molecular flexibility index (Phi) is 16.6. The Labute approximate surface area is 520 Å². The first-order valence-electron chi connectivity index (χ1n) is 28.9. The third-order valence-electron chi connectivity index (χ3n) is 15.8. The molecule has 8 heterocycles. The number of pyridine rings is 4. The van der Waals surface area contributed by atoms with Gasteiger partial charge in [0.2, 0.25) is 0 Å². The number of methoxy groups -OCH3 is 2. The molecular formula is C63H59N11O12S3. The van der Waals surface area contributed by atoms with Gasteiger partial charge in [0.05, 0.1) is 63.3 Å². The fourth-order valence-electron chi connectivity index (χ4n) is 11.5. The van der Waals surface area contributed by atoms with Gasteiger partial charge in [-0.25, -0.2) is 29.9 Å². The van der Waals surface area contributed by atoms with Crippen LogP contribution in [0.2, 0.25) is 0 Å². The van der Waals surface area contributed by atoms with Crippen molar-refractivity contribution in [1.82, 2.24) is 39.8 Å². The highest BCUT2D eigenvalue weighted by atomic mass is 32.1. The van der Waals surface area contributed by atoms with Crippen molar-refractivity contribution in [3.05, 3.63) is 126 Å². The number of likely N-dealkylation sites (tertiary alicyclic amines) is 1. The monoisotopic (exact) mass is 1260 g/mol. The molecule has 0 radical (unpaired) electrons. The Morgan fingerprint density at radius 1 is 0.573 bits per heavy atom. The number of fused-ring (bicyclic) bond motifs is 4. The van der Waals surface area contributed by atoms with E-state index >= 15 is 0 Å². The predicted octanol–water partition coefficient (Wildman–Crippen LogP) is 11.6. The molecule has 10 aromatic rings. The summed E-state index contributed by atoms with van der Waals surface area (Å²) in [7, 11) is 4.85. The van der Waals surface area contributed by atoms with Crippen LogP contribution in [0.3, 0.4) is 0 Å². The summed E-state index contributed by atoms with van der Waals surface area (Å²) in [4.78, 5) is 74.9. The fraction of sp³-hybridized carbons (Fsp3) is 0.302. The van der Waals surface area contributed by atoms with Gasteiger partial charge in [0, 0.05) is 61.0 Å². The van der Waals surface area contributed by atoms with E-state index in [1.807, 2.05) is 42.5 Å². The van der Waals surface area contributed by atoms with E-state index in [0.717, 1.165) is 84.3 Å². The number of nitrogens with one attached hydrogen (secondary N) is 3. The van der Waals surface area contributed by atoms with Crippen LogP contribution in [0.15, 0.2) is 97.6 Å². The molecule has 456 valence electrons. The highest BCUT2D eigenvalue weighted by Crippen LogP contribution is 2.46. The van der Waals surface area contributed by atoms with E-state index < -0.39 is 41.1 Å². The highest BCUT2D eigenvalue weighted by Gasteiger charge is 2.34. The number of amides is 3. The maximum Gasteiger partial charge on any atom is 0.280 e. The molecular weight excluding hydrogens is 1200 g/mol. The molecule has 2 aliphatic carbocycles. The lowest BCUT2D eigenvalue weighted by Crippen LogP contribution is -2.38. The summed E-state index contributed by atoms with van der Waals surface area (Å²) in [5.74, 6) is -1.51. The van der Waals surface area contributed by atoms with Crippen molar-refractivity contribution in [2.45, 2.75) is 76.1 Å². The van der Waals surface area contributed by atoms with E-state index in [1.54, 1.807) is 18.3 Å². The zero-order chi connectivity index (χ0) is 61.3. The molecule has 3 aliphatic rings. The van der Waals surface area contributed by atoms with Crippen LogP contribution in [0.5, 0.6) is 51.7 Å². The number of nitrogens with zero attached hydrogens (tertiary/aromatic N) is 8. The third-order valence-corrected chi connectivity index (χ3v) is 18.6. The second-order valence-electron chi connectivity index (χ2n) is 21.9. The van der Waals surface area contributed by atoms with Crippen LogP contribution in [-0.4, -0.2) is 126 Å². The maximum atomic E-state index is 13.9. The molecule has 3 aromatic carbocycles. The summed E-state index contributed by atoms with van der Waals surface area (Å²) >= 11 is 3.74. The molecule has 13 rings (SSSR count). The smallest absolute Gasteiger partial charge is 0.280 e. The summed E-state index contributed by atoms with van der Waals surface area (Å²) in [6.07, 6.45) is 13.2. The first-order valence-corrected chi connectivity index (χ1v) is 31.4. The maximum absolute atomic E-state index is 13.9. The fourth-order valence-corrected chi connectivity index (χ4v) is 14.2. The number of hydrogen-bond acceptors (Lipinski definition) is 23. The normalized spacial score (nSPS) is 17.0. The van der Waals surface area contributed by atoms with Gasteiger partial charge in [-0.15, -0.1) is 0 Å². The standard InChI is InChI=1S/C63H59N11O12S3/c1-74-23-7-10-36(30-74)85-34-11-13-41-47(27-34)87-62(68-41)72-60(80)54-57(77)45(18-22-67-54)83-31-32-24-39-38(40-26-37(84-33-8-5-4-6-9-33)29-49-51(40)70-63(89-49)73-59(79)53-56(76)44(82-3)17-21-66-53)15-19-64-50(39)46(25-32)86-35-12-14-42-48(28-35)88-61(69-42)71-58(78)52-55(75)43(81-2)16-20-65-52/h11-22,26-29,32-33,36,46,75-77H,4-10,23-25,30-31H2,1-3H3,(H,68,72,80)(H,69,71,78)(H,70,73,79). The predicted molar refractivity (Wildman–Crippen MR) is 336 cm³/mol. The molecule has 23 nitrogen and oxygen atoms in total. The molecule has 1 saturated carbocycles. The lowest BCUT2D eigenvalue weighted by atomic mass is 9.81. The lowest BCUT2D eigenvalue weighted by molar-refractivity contribution is 0.100. The number of thiazole rings is 3. The van der Waals surface area contributed by atoms with E-state index in [1.165, 1.54) is 85.0 Å². The van der Waals surface area contributed by atoms with Crippen LogP contribution in [0, 0.1) is 5.92 Å². The molecule has 6 N–H and O–H groups in total. The van der Waals surface area contributed by atoms with Gasteiger partial charge >= 0.3 is 0 Å². The molecule has 7 aromatic heterocycles.